The van der Waals surface area contributed by atoms with Gasteiger partial charge < -0.3 is 14.6 Å². The molecule has 1 aromatic heterocycles. The third-order valence-electron chi connectivity index (χ3n) is 3.50. The van der Waals surface area contributed by atoms with Gasteiger partial charge in [-0.1, -0.05) is 12.0 Å². The fraction of sp³-hybridized carbons (Fsp3) is 0.833. The lowest BCUT2D eigenvalue weighted by molar-refractivity contribution is 0.403. The van der Waals surface area contributed by atoms with Crippen LogP contribution >= 0.6 is 0 Å². The van der Waals surface area contributed by atoms with Gasteiger partial charge in [0.1, 0.15) is 0 Å². The quantitative estimate of drug-likeness (QED) is 0.859. The van der Waals surface area contributed by atoms with Gasteiger partial charge in [0, 0.05) is 19.1 Å². The van der Waals surface area contributed by atoms with Crippen LogP contribution in [0.1, 0.15) is 38.5 Å². The molecule has 0 radical (unpaired) electrons. The highest BCUT2D eigenvalue weighted by atomic mass is 16.4. The van der Waals surface area contributed by atoms with E-state index in [1.165, 1.54) is 25.7 Å². The summed E-state index contributed by atoms with van der Waals surface area (Å²) < 4.78 is 5.69. The Labute approximate surface area is 102 Å². The standard InChI is InChI=1S/C12H20N4O/c1-9-3-2-6-16(8-9)12-15-14-11(17-12)7-13-10-4-5-10/h9-10,13H,2-8H2,1H3. The smallest absolute Gasteiger partial charge is 0.318 e. The first kappa shape index (κ1) is 11.0. The Kier molecular flexibility index (Phi) is 3.01. The number of nitrogens with one attached hydrogen (secondary N) is 1. The maximum atomic E-state index is 5.69. The Morgan fingerprint density at radius 3 is 3.00 bits per heavy atom. The topological polar surface area (TPSA) is 54.2 Å². The van der Waals surface area contributed by atoms with E-state index in [4.69, 9.17) is 4.42 Å². The average Bonchev–Trinajstić information content (AvgIpc) is 3.04. The van der Waals surface area contributed by atoms with Gasteiger partial charge in [0.2, 0.25) is 5.89 Å². The molecule has 1 saturated heterocycles. The highest BCUT2D eigenvalue weighted by Gasteiger charge is 2.23. The number of rotatable bonds is 4. The largest absolute Gasteiger partial charge is 0.407 e. The van der Waals surface area contributed by atoms with E-state index in [0.29, 0.717) is 24.5 Å². The maximum absolute atomic E-state index is 5.69. The number of piperidine rings is 1. The van der Waals surface area contributed by atoms with Gasteiger partial charge in [0.15, 0.2) is 0 Å². The van der Waals surface area contributed by atoms with Crippen molar-refractivity contribution in [2.24, 2.45) is 5.92 Å². The lowest BCUT2D eigenvalue weighted by Gasteiger charge is -2.28. The molecule has 2 heterocycles. The molecule has 5 nitrogen and oxygen atoms in total. The summed E-state index contributed by atoms with van der Waals surface area (Å²) in [6.45, 7) is 5.07. The Bertz CT molecular complexity index is 374. The molecule has 2 fully saturated rings. The van der Waals surface area contributed by atoms with Gasteiger partial charge >= 0.3 is 6.01 Å². The van der Waals surface area contributed by atoms with Crippen molar-refractivity contribution in [1.29, 1.82) is 0 Å². The fourth-order valence-corrected chi connectivity index (χ4v) is 2.33. The van der Waals surface area contributed by atoms with E-state index < -0.39 is 0 Å². The van der Waals surface area contributed by atoms with E-state index in [2.05, 4.69) is 27.3 Å². The van der Waals surface area contributed by atoms with Crippen molar-refractivity contribution in [3.05, 3.63) is 5.89 Å². The van der Waals surface area contributed by atoms with Crippen LogP contribution in [-0.2, 0) is 6.54 Å². The Morgan fingerprint density at radius 2 is 2.24 bits per heavy atom. The van der Waals surface area contributed by atoms with Gasteiger partial charge in [-0.3, -0.25) is 0 Å². The lowest BCUT2D eigenvalue weighted by atomic mass is 10.0. The van der Waals surface area contributed by atoms with Crippen LogP contribution in [-0.4, -0.2) is 29.3 Å². The Hall–Kier alpha value is -1.10. The van der Waals surface area contributed by atoms with Gasteiger partial charge in [-0.25, -0.2) is 0 Å². The first-order chi connectivity index (χ1) is 8.31. The van der Waals surface area contributed by atoms with E-state index in [1.54, 1.807) is 0 Å². The van der Waals surface area contributed by atoms with Crippen LogP contribution in [0.3, 0.4) is 0 Å². The molecule has 3 rings (SSSR count). The summed E-state index contributed by atoms with van der Waals surface area (Å²) in [6, 6.07) is 1.38. The van der Waals surface area contributed by atoms with Crippen molar-refractivity contribution >= 4 is 6.01 Å². The molecule has 0 amide bonds. The van der Waals surface area contributed by atoms with Crippen LogP contribution < -0.4 is 10.2 Å². The van der Waals surface area contributed by atoms with Gasteiger partial charge in [-0.05, 0) is 31.6 Å². The van der Waals surface area contributed by atoms with Gasteiger partial charge in [0.25, 0.3) is 0 Å². The van der Waals surface area contributed by atoms with Gasteiger partial charge in [-0.15, -0.1) is 5.10 Å². The van der Waals surface area contributed by atoms with Gasteiger partial charge in [0.05, 0.1) is 6.54 Å². The molecule has 0 aromatic carbocycles. The summed E-state index contributed by atoms with van der Waals surface area (Å²) in [4.78, 5) is 2.21. The van der Waals surface area contributed by atoms with Crippen molar-refractivity contribution in [2.45, 2.75) is 45.2 Å². The molecule has 0 spiro atoms. The second-order valence-electron chi connectivity index (χ2n) is 5.33. The molecule has 5 heteroatoms. The predicted octanol–water partition coefficient (Wildman–Crippen LogP) is 1.56. The van der Waals surface area contributed by atoms with Crippen molar-refractivity contribution in [3.63, 3.8) is 0 Å². The van der Waals surface area contributed by atoms with Crippen molar-refractivity contribution < 1.29 is 4.42 Å². The molecule has 0 bridgehead atoms. The van der Waals surface area contributed by atoms with Crippen molar-refractivity contribution in [2.75, 3.05) is 18.0 Å². The normalized spacial score (nSPS) is 25.2. The van der Waals surface area contributed by atoms with Crippen LogP contribution in [0.5, 0.6) is 0 Å². The summed E-state index contributed by atoms with van der Waals surface area (Å²) in [5.74, 6) is 1.44. The molecular weight excluding hydrogens is 216 g/mol. The first-order valence-corrected chi connectivity index (χ1v) is 6.62. The molecule has 1 N–H and O–H groups in total. The number of nitrogens with zero attached hydrogens (tertiary/aromatic N) is 3. The predicted molar refractivity (Wildman–Crippen MR) is 64.8 cm³/mol. The van der Waals surface area contributed by atoms with Crippen LogP contribution in [0.2, 0.25) is 0 Å². The molecular formula is C12H20N4O. The molecule has 1 aromatic rings. The first-order valence-electron chi connectivity index (χ1n) is 6.62. The highest BCUT2D eigenvalue weighted by molar-refractivity contribution is 5.24. The van der Waals surface area contributed by atoms with Crippen LogP contribution in [0.4, 0.5) is 6.01 Å². The number of anilines is 1. The third kappa shape index (κ3) is 2.77. The molecule has 1 unspecified atom stereocenters. The minimum Gasteiger partial charge on any atom is -0.407 e. The zero-order valence-electron chi connectivity index (χ0n) is 10.4. The zero-order chi connectivity index (χ0) is 11.7. The summed E-state index contributed by atoms with van der Waals surface area (Å²) in [7, 11) is 0. The average molecular weight is 236 g/mol. The van der Waals surface area contributed by atoms with Gasteiger partial charge in [-0.2, -0.15) is 0 Å². The summed E-state index contributed by atoms with van der Waals surface area (Å²) in [5.41, 5.74) is 0. The SMILES string of the molecule is CC1CCCN(c2nnc(CNC3CC3)o2)C1. The second kappa shape index (κ2) is 4.64. The number of hydrogen-bond donors (Lipinski definition) is 1. The fourth-order valence-electron chi connectivity index (χ4n) is 2.33. The van der Waals surface area contributed by atoms with Crippen molar-refractivity contribution in [3.8, 4) is 0 Å². The minimum atomic E-state index is 0.681. The molecule has 17 heavy (non-hydrogen) atoms. The Balaban J connectivity index is 1.58. The molecule has 1 aliphatic carbocycles. The second-order valence-corrected chi connectivity index (χ2v) is 5.33. The molecule has 1 aliphatic heterocycles. The van der Waals surface area contributed by atoms with E-state index >= 15 is 0 Å². The summed E-state index contributed by atoms with van der Waals surface area (Å²) in [5, 5.41) is 11.6. The monoisotopic (exact) mass is 236 g/mol. The number of hydrogen-bond acceptors (Lipinski definition) is 5. The van der Waals surface area contributed by atoms with Crippen molar-refractivity contribution in [1.82, 2.24) is 15.5 Å². The van der Waals surface area contributed by atoms with E-state index in [0.717, 1.165) is 19.0 Å². The third-order valence-corrected chi connectivity index (χ3v) is 3.50. The van der Waals surface area contributed by atoms with E-state index in [9.17, 15) is 0 Å². The maximum Gasteiger partial charge on any atom is 0.318 e. The molecule has 1 atom stereocenters. The zero-order valence-corrected chi connectivity index (χ0v) is 10.4. The van der Waals surface area contributed by atoms with E-state index in [1.807, 2.05) is 0 Å². The number of aromatic nitrogens is 2. The Morgan fingerprint density at radius 1 is 1.35 bits per heavy atom. The van der Waals surface area contributed by atoms with E-state index in [-0.39, 0.29) is 0 Å². The van der Waals surface area contributed by atoms with Crippen LogP contribution in [0.25, 0.3) is 0 Å². The highest BCUT2D eigenvalue weighted by Crippen LogP contribution is 2.22. The summed E-state index contributed by atoms with van der Waals surface area (Å²) >= 11 is 0. The summed E-state index contributed by atoms with van der Waals surface area (Å²) in [6.07, 6.45) is 5.09. The lowest BCUT2D eigenvalue weighted by Crippen LogP contribution is -2.34. The minimum absolute atomic E-state index is 0.681. The molecule has 94 valence electrons. The molecule has 2 aliphatic rings. The van der Waals surface area contributed by atoms with Crippen LogP contribution in [0, 0.1) is 5.92 Å². The molecule has 1 saturated carbocycles. The van der Waals surface area contributed by atoms with Crippen LogP contribution in [0.15, 0.2) is 4.42 Å².